The highest BCUT2D eigenvalue weighted by atomic mass is 19.1. The van der Waals surface area contributed by atoms with Gasteiger partial charge in [0.2, 0.25) is 0 Å². The minimum absolute atomic E-state index is 0.0987. The lowest BCUT2D eigenvalue weighted by Crippen LogP contribution is -1.94. The van der Waals surface area contributed by atoms with Crippen LogP contribution >= 0.6 is 0 Å². The van der Waals surface area contributed by atoms with Crippen molar-refractivity contribution in [1.82, 2.24) is 15.0 Å². The maximum absolute atomic E-state index is 13.4. The van der Waals surface area contributed by atoms with Crippen molar-refractivity contribution < 1.29 is 9.13 Å². The number of hydrogen-bond acceptors (Lipinski definition) is 4. The molecule has 0 bridgehead atoms. The van der Waals surface area contributed by atoms with Crippen LogP contribution in [0.4, 0.5) is 4.39 Å². The average molecular weight is 267 g/mol. The molecule has 5 heteroatoms. The highest BCUT2D eigenvalue weighted by Crippen LogP contribution is 2.22. The van der Waals surface area contributed by atoms with Crippen molar-refractivity contribution in [1.29, 1.82) is 0 Å². The first-order valence-corrected chi connectivity index (χ1v) is 5.98. The molecule has 0 unspecified atom stereocenters. The monoisotopic (exact) mass is 267 g/mol. The van der Waals surface area contributed by atoms with E-state index in [-0.39, 0.29) is 11.8 Å². The molecular formula is C15H10FN3O. The average Bonchev–Trinajstić information content (AvgIpc) is 2.51. The Hall–Kier alpha value is -2.82. The first kappa shape index (κ1) is 12.2. The van der Waals surface area contributed by atoms with Crippen LogP contribution in [0.2, 0.25) is 0 Å². The summed E-state index contributed by atoms with van der Waals surface area (Å²) in [7, 11) is 0. The Kier molecular flexibility index (Phi) is 3.33. The fourth-order valence-corrected chi connectivity index (χ4v) is 1.68. The van der Waals surface area contributed by atoms with Gasteiger partial charge in [-0.2, -0.15) is 0 Å². The standard InChI is InChI=1S/C15H10FN3O/c16-13-5-1-2-6-14(13)20-15-18-9-12(10-19-15)11-4-3-7-17-8-11/h1-10H. The fourth-order valence-electron chi connectivity index (χ4n) is 1.68. The van der Waals surface area contributed by atoms with Gasteiger partial charge in [-0.1, -0.05) is 18.2 Å². The smallest absolute Gasteiger partial charge is 0.321 e. The van der Waals surface area contributed by atoms with E-state index in [4.69, 9.17) is 4.74 Å². The molecule has 0 aliphatic carbocycles. The first-order valence-electron chi connectivity index (χ1n) is 5.98. The molecule has 20 heavy (non-hydrogen) atoms. The molecule has 2 heterocycles. The van der Waals surface area contributed by atoms with Crippen LogP contribution in [-0.2, 0) is 0 Å². The number of halogens is 1. The summed E-state index contributed by atoms with van der Waals surface area (Å²) in [5, 5.41) is 0. The van der Waals surface area contributed by atoms with Crippen molar-refractivity contribution in [3.63, 3.8) is 0 Å². The summed E-state index contributed by atoms with van der Waals surface area (Å²) in [5.74, 6) is -0.353. The van der Waals surface area contributed by atoms with Crippen molar-refractivity contribution in [2.24, 2.45) is 0 Å². The Bertz CT molecular complexity index is 702. The van der Waals surface area contributed by atoms with Crippen molar-refractivity contribution in [3.05, 3.63) is 67.0 Å². The molecule has 0 saturated carbocycles. The number of nitrogens with zero attached hydrogens (tertiary/aromatic N) is 3. The Labute approximate surface area is 114 Å². The van der Waals surface area contributed by atoms with Crippen molar-refractivity contribution >= 4 is 0 Å². The summed E-state index contributed by atoms with van der Waals surface area (Å²) in [4.78, 5) is 12.2. The zero-order valence-corrected chi connectivity index (χ0v) is 10.4. The van der Waals surface area contributed by atoms with E-state index in [1.807, 2.05) is 12.1 Å². The molecular weight excluding hydrogens is 257 g/mol. The van der Waals surface area contributed by atoms with Gasteiger partial charge in [-0.25, -0.2) is 14.4 Å². The molecule has 0 aliphatic heterocycles. The normalized spacial score (nSPS) is 10.2. The third-order valence-electron chi connectivity index (χ3n) is 2.66. The maximum atomic E-state index is 13.4. The van der Waals surface area contributed by atoms with E-state index in [2.05, 4.69) is 15.0 Å². The summed E-state index contributed by atoms with van der Waals surface area (Å²) in [5.41, 5.74) is 1.73. The molecule has 3 aromatic rings. The Morgan fingerprint density at radius 3 is 2.35 bits per heavy atom. The van der Waals surface area contributed by atoms with Crippen molar-refractivity contribution in [2.75, 3.05) is 0 Å². The highest BCUT2D eigenvalue weighted by Gasteiger charge is 2.06. The fraction of sp³-hybridized carbons (Fsp3) is 0. The third kappa shape index (κ3) is 2.61. The van der Waals surface area contributed by atoms with Gasteiger partial charge in [-0.05, 0) is 18.2 Å². The van der Waals surface area contributed by atoms with Crippen LogP contribution < -0.4 is 4.74 Å². The number of para-hydroxylation sites is 1. The van der Waals surface area contributed by atoms with E-state index in [0.29, 0.717) is 0 Å². The van der Waals surface area contributed by atoms with Gasteiger partial charge in [0.15, 0.2) is 11.6 Å². The Morgan fingerprint density at radius 2 is 1.65 bits per heavy atom. The minimum atomic E-state index is -0.451. The van der Waals surface area contributed by atoms with Crippen molar-refractivity contribution in [2.45, 2.75) is 0 Å². The van der Waals surface area contributed by atoms with Gasteiger partial charge in [0.25, 0.3) is 0 Å². The second kappa shape index (κ2) is 5.44. The molecule has 1 aromatic carbocycles. The van der Waals surface area contributed by atoms with Crippen LogP contribution in [0.3, 0.4) is 0 Å². The highest BCUT2D eigenvalue weighted by molar-refractivity contribution is 5.59. The first-order chi connectivity index (χ1) is 9.83. The van der Waals surface area contributed by atoms with E-state index in [1.54, 1.807) is 36.9 Å². The van der Waals surface area contributed by atoms with Gasteiger partial charge in [-0.3, -0.25) is 4.98 Å². The summed E-state index contributed by atoms with van der Waals surface area (Å²) in [6, 6.07) is 9.95. The van der Waals surface area contributed by atoms with Gasteiger partial charge in [0, 0.05) is 35.9 Å². The van der Waals surface area contributed by atoms with Crippen molar-refractivity contribution in [3.8, 4) is 22.9 Å². The second-order valence-electron chi connectivity index (χ2n) is 4.03. The SMILES string of the molecule is Fc1ccccc1Oc1ncc(-c2cccnc2)cn1. The number of benzene rings is 1. The van der Waals surface area contributed by atoms with Crippen LogP contribution in [0, 0.1) is 5.82 Å². The predicted molar refractivity (Wildman–Crippen MR) is 71.7 cm³/mol. The molecule has 0 atom stereocenters. The van der Waals surface area contributed by atoms with Crippen LogP contribution in [0.5, 0.6) is 11.8 Å². The molecule has 0 fully saturated rings. The van der Waals surface area contributed by atoms with Crippen LogP contribution in [-0.4, -0.2) is 15.0 Å². The molecule has 2 aromatic heterocycles. The lowest BCUT2D eigenvalue weighted by molar-refractivity contribution is 0.411. The summed E-state index contributed by atoms with van der Waals surface area (Å²) >= 11 is 0. The molecule has 98 valence electrons. The molecule has 4 nitrogen and oxygen atoms in total. The van der Waals surface area contributed by atoms with Gasteiger partial charge in [-0.15, -0.1) is 0 Å². The summed E-state index contributed by atoms with van der Waals surface area (Å²) in [6.45, 7) is 0. The zero-order valence-electron chi connectivity index (χ0n) is 10.4. The number of ether oxygens (including phenoxy) is 1. The lowest BCUT2D eigenvalue weighted by atomic mass is 10.2. The van der Waals surface area contributed by atoms with E-state index >= 15 is 0 Å². The topological polar surface area (TPSA) is 47.9 Å². The predicted octanol–water partition coefficient (Wildman–Crippen LogP) is 3.47. The molecule has 0 spiro atoms. The van der Waals surface area contributed by atoms with Gasteiger partial charge < -0.3 is 4.74 Å². The number of rotatable bonds is 3. The van der Waals surface area contributed by atoms with E-state index in [9.17, 15) is 4.39 Å². The number of pyridine rings is 1. The number of hydrogen-bond donors (Lipinski definition) is 0. The van der Waals surface area contributed by atoms with Crippen LogP contribution in [0.25, 0.3) is 11.1 Å². The van der Waals surface area contributed by atoms with E-state index < -0.39 is 5.82 Å². The van der Waals surface area contributed by atoms with Gasteiger partial charge in [0.1, 0.15) is 0 Å². The molecule has 0 saturated heterocycles. The summed E-state index contributed by atoms with van der Waals surface area (Å²) < 4.78 is 18.7. The Morgan fingerprint density at radius 1 is 0.850 bits per heavy atom. The van der Waals surface area contributed by atoms with Gasteiger partial charge >= 0.3 is 6.01 Å². The van der Waals surface area contributed by atoms with Crippen LogP contribution in [0.1, 0.15) is 0 Å². The molecule has 3 rings (SSSR count). The third-order valence-corrected chi connectivity index (χ3v) is 2.66. The van der Waals surface area contributed by atoms with Gasteiger partial charge in [0.05, 0.1) is 0 Å². The summed E-state index contributed by atoms with van der Waals surface area (Å²) in [6.07, 6.45) is 6.64. The quantitative estimate of drug-likeness (QED) is 0.729. The van der Waals surface area contributed by atoms with Crippen LogP contribution in [0.15, 0.2) is 61.2 Å². The zero-order chi connectivity index (χ0) is 13.8. The minimum Gasteiger partial charge on any atom is -0.421 e. The molecule has 0 amide bonds. The Balaban J connectivity index is 1.82. The molecule has 0 radical (unpaired) electrons. The van der Waals surface area contributed by atoms with E-state index in [0.717, 1.165) is 11.1 Å². The molecule has 0 N–H and O–H groups in total. The number of aromatic nitrogens is 3. The lowest BCUT2D eigenvalue weighted by Gasteiger charge is -2.05. The van der Waals surface area contributed by atoms with E-state index in [1.165, 1.54) is 12.1 Å². The molecule has 0 aliphatic rings. The largest absolute Gasteiger partial charge is 0.421 e. The maximum Gasteiger partial charge on any atom is 0.321 e. The second-order valence-corrected chi connectivity index (χ2v) is 4.03.